The van der Waals surface area contributed by atoms with Crippen LogP contribution in [0.5, 0.6) is 0 Å². The Hall–Kier alpha value is -1.40. The Bertz CT molecular complexity index is 417. The lowest BCUT2D eigenvalue weighted by atomic mass is 9.85. The van der Waals surface area contributed by atoms with Gasteiger partial charge in [0, 0.05) is 17.8 Å². The van der Waals surface area contributed by atoms with Crippen LogP contribution in [0.3, 0.4) is 0 Å². The first kappa shape index (κ1) is 12.1. The van der Waals surface area contributed by atoms with E-state index in [1.807, 2.05) is 19.9 Å². The van der Waals surface area contributed by atoms with E-state index in [9.17, 15) is 4.79 Å². The lowest BCUT2D eigenvalue weighted by Crippen LogP contribution is -2.47. The van der Waals surface area contributed by atoms with Gasteiger partial charge in [0.15, 0.2) is 5.82 Å². The number of H-pyrrole nitrogens is 1. The highest BCUT2D eigenvalue weighted by molar-refractivity contribution is 5.95. The maximum absolute atomic E-state index is 12.1. The second-order valence-corrected chi connectivity index (χ2v) is 4.63. The van der Waals surface area contributed by atoms with Gasteiger partial charge in [-0.25, -0.2) is 0 Å². The number of nitrogens with one attached hydrogen (secondary N) is 2. The molecule has 1 aliphatic rings. The van der Waals surface area contributed by atoms with Crippen molar-refractivity contribution in [2.24, 2.45) is 11.1 Å². The van der Waals surface area contributed by atoms with E-state index >= 15 is 0 Å². The van der Waals surface area contributed by atoms with E-state index in [-0.39, 0.29) is 11.9 Å². The molecule has 0 aliphatic carbocycles. The number of aromatic nitrogens is 2. The van der Waals surface area contributed by atoms with E-state index in [2.05, 4.69) is 15.5 Å². The molecule has 0 aromatic carbocycles. The summed E-state index contributed by atoms with van der Waals surface area (Å²) in [7, 11) is 0. The average Bonchev–Trinajstić information content (AvgIpc) is 2.88. The Kier molecular flexibility index (Phi) is 3.17. The van der Waals surface area contributed by atoms with Crippen molar-refractivity contribution in [1.82, 2.24) is 10.2 Å². The van der Waals surface area contributed by atoms with Crippen LogP contribution in [0.1, 0.15) is 19.5 Å². The largest absolute Gasteiger partial charge is 0.379 e. The summed E-state index contributed by atoms with van der Waals surface area (Å²) in [4.78, 5) is 12.1. The van der Waals surface area contributed by atoms with Gasteiger partial charge in [-0.2, -0.15) is 5.10 Å². The first-order valence-electron chi connectivity index (χ1n) is 5.75. The molecule has 6 nitrogen and oxygen atoms in total. The number of amides is 1. The summed E-state index contributed by atoms with van der Waals surface area (Å²) in [5, 5.41) is 9.63. The van der Waals surface area contributed by atoms with E-state index in [4.69, 9.17) is 10.5 Å². The standard InChI is InChI=1S/C11H18N4O2/c1-3-7-4-9(15-14-7)13-10(16)11(2)6-17-5-8(11)12/h4,8H,3,5-6,12H2,1-2H3,(H2,13,14,15,16). The van der Waals surface area contributed by atoms with Crippen LogP contribution in [0.2, 0.25) is 0 Å². The van der Waals surface area contributed by atoms with Gasteiger partial charge in [-0.1, -0.05) is 6.92 Å². The molecule has 0 bridgehead atoms. The number of rotatable bonds is 3. The zero-order valence-electron chi connectivity index (χ0n) is 10.1. The fourth-order valence-electron chi connectivity index (χ4n) is 1.79. The third-order valence-corrected chi connectivity index (χ3v) is 3.29. The first-order valence-corrected chi connectivity index (χ1v) is 5.75. The maximum atomic E-state index is 12.1. The molecule has 1 fully saturated rings. The van der Waals surface area contributed by atoms with Crippen molar-refractivity contribution in [1.29, 1.82) is 0 Å². The summed E-state index contributed by atoms with van der Waals surface area (Å²) in [5.74, 6) is 0.392. The van der Waals surface area contributed by atoms with E-state index in [0.717, 1.165) is 12.1 Å². The highest BCUT2D eigenvalue weighted by Crippen LogP contribution is 2.28. The molecule has 0 radical (unpaired) electrons. The van der Waals surface area contributed by atoms with Crippen molar-refractivity contribution in [2.75, 3.05) is 18.5 Å². The zero-order valence-corrected chi connectivity index (χ0v) is 10.1. The van der Waals surface area contributed by atoms with Gasteiger partial charge in [0.1, 0.15) is 0 Å². The average molecular weight is 238 g/mol. The molecule has 4 N–H and O–H groups in total. The molecule has 2 rings (SSSR count). The minimum Gasteiger partial charge on any atom is -0.379 e. The SMILES string of the molecule is CCc1cc(NC(=O)C2(C)COCC2N)n[nH]1. The number of nitrogens with two attached hydrogens (primary N) is 1. The Morgan fingerprint density at radius 2 is 2.59 bits per heavy atom. The summed E-state index contributed by atoms with van der Waals surface area (Å²) in [6, 6.07) is 1.55. The lowest BCUT2D eigenvalue weighted by molar-refractivity contribution is -0.125. The fourth-order valence-corrected chi connectivity index (χ4v) is 1.79. The third kappa shape index (κ3) is 2.18. The predicted molar refractivity (Wildman–Crippen MR) is 63.5 cm³/mol. The van der Waals surface area contributed by atoms with Gasteiger partial charge in [-0.15, -0.1) is 0 Å². The zero-order chi connectivity index (χ0) is 12.5. The Morgan fingerprint density at radius 1 is 1.82 bits per heavy atom. The Morgan fingerprint density at radius 3 is 3.12 bits per heavy atom. The van der Waals surface area contributed by atoms with E-state index in [0.29, 0.717) is 19.0 Å². The molecule has 1 aromatic rings. The normalized spacial score (nSPS) is 28.3. The molecule has 1 aliphatic heterocycles. The van der Waals surface area contributed by atoms with Gasteiger partial charge in [-0.3, -0.25) is 9.89 Å². The summed E-state index contributed by atoms with van der Waals surface area (Å²) < 4.78 is 5.24. The number of aryl methyl sites for hydroxylation is 1. The number of ether oxygens (including phenoxy) is 1. The van der Waals surface area contributed by atoms with Crippen LogP contribution in [0.25, 0.3) is 0 Å². The number of anilines is 1. The van der Waals surface area contributed by atoms with Crippen molar-refractivity contribution in [3.8, 4) is 0 Å². The van der Waals surface area contributed by atoms with Crippen LogP contribution in [0.4, 0.5) is 5.82 Å². The highest BCUT2D eigenvalue weighted by Gasteiger charge is 2.44. The second kappa shape index (κ2) is 4.46. The quantitative estimate of drug-likeness (QED) is 0.705. The fraction of sp³-hybridized carbons (Fsp3) is 0.636. The molecule has 1 aromatic heterocycles. The summed E-state index contributed by atoms with van der Waals surface area (Å²) in [6.07, 6.45) is 0.850. The van der Waals surface area contributed by atoms with Crippen LogP contribution in [-0.4, -0.2) is 35.4 Å². The van der Waals surface area contributed by atoms with Crippen molar-refractivity contribution < 1.29 is 9.53 Å². The van der Waals surface area contributed by atoms with Crippen molar-refractivity contribution in [3.63, 3.8) is 0 Å². The molecule has 1 saturated heterocycles. The van der Waals surface area contributed by atoms with Crippen molar-refractivity contribution >= 4 is 11.7 Å². The Labute approximate surface area is 99.9 Å². The van der Waals surface area contributed by atoms with E-state index in [1.165, 1.54) is 0 Å². The number of carbonyl (C=O) groups is 1. The van der Waals surface area contributed by atoms with Crippen LogP contribution in [-0.2, 0) is 16.0 Å². The number of nitrogens with zero attached hydrogens (tertiary/aromatic N) is 1. The number of hydrogen-bond acceptors (Lipinski definition) is 4. The van der Waals surface area contributed by atoms with Crippen LogP contribution in [0, 0.1) is 5.41 Å². The molecule has 0 spiro atoms. The molecule has 0 saturated carbocycles. The number of hydrogen-bond donors (Lipinski definition) is 3. The van der Waals surface area contributed by atoms with Crippen LogP contribution in [0.15, 0.2) is 6.07 Å². The molecule has 1 amide bonds. The predicted octanol–water partition coefficient (Wildman–Crippen LogP) is 0.274. The minimum absolute atomic E-state index is 0.142. The highest BCUT2D eigenvalue weighted by atomic mass is 16.5. The van der Waals surface area contributed by atoms with Crippen molar-refractivity contribution in [2.45, 2.75) is 26.3 Å². The molecule has 2 heterocycles. The van der Waals surface area contributed by atoms with Crippen LogP contribution < -0.4 is 11.1 Å². The maximum Gasteiger partial charge on any atom is 0.235 e. The molecule has 17 heavy (non-hydrogen) atoms. The van der Waals surface area contributed by atoms with E-state index < -0.39 is 5.41 Å². The van der Waals surface area contributed by atoms with Crippen molar-refractivity contribution in [3.05, 3.63) is 11.8 Å². The minimum atomic E-state index is -0.675. The second-order valence-electron chi connectivity index (χ2n) is 4.63. The summed E-state index contributed by atoms with van der Waals surface area (Å²) >= 11 is 0. The molecule has 2 atom stereocenters. The smallest absolute Gasteiger partial charge is 0.235 e. The number of aromatic amines is 1. The monoisotopic (exact) mass is 238 g/mol. The topological polar surface area (TPSA) is 93.0 Å². The van der Waals surface area contributed by atoms with Gasteiger partial charge in [0.2, 0.25) is 5.91 Å². The van der Waals surface area contributed by atoms with Gasteiger partial charge in [-0.05, 0) is 13.3 Å². The van der Waals surface area contributed by atoms with Gasteiger partial charge in [0.25, 0.3) is 0 Å². The van der Waals surface area contributed by atoms with Crippen LogP contribution >= 0.6 is 0 Å². The van der Waals surface area contributed by atoms with Gasteiger partial charge < -0.3 is 15.8 Å². The Balaban J connectivity index is 2.06. The molecule has 94 valence electrons. The molecule has 2 unspecified atom stereocenters. The lowest BCUT2D eigenvalue weighted by Gasteiger charge is -2.24. The molecular weight excluding hydrogens is 220 g/mol. The third-order valence-electron chi connectivity index (χ3n) is 3.29. The van der Waals surface area contributed by atoms with E-state index in [1.54, 1.807) is 0 Å². The first-order chi connectivity index (χ1) is 8.06. The van der Waals surface area contributed by atoms with Gasteiger partial charge >= 0.3 is 0 Å². The summed E-state index contributed by atoms with van der Waals surface area (Å²) in [5.41, 5.74) is 6.19. The van der Waals surface area contributed by atoms with Gasteiger partial charge in [0.05, 0.1) is 18.6 Å². The number of carbonyl (C=O) groups excluding carboxylic acids is 1. The molecular formula is C11H18N4O2. The summed E-state index contributed by atoms with van der Waals surface area (Å²) in [6.45, 7) is 4.60. The molecule has 6 heteroatoms.